The molecular formula is C11H18N2O. The Labute approximate surface area is 85.5 Å². The summed E-state index contributed by atoms with van der Waals surface area (Å²) in [5, 5.41) is 11.4. The number of hydrogen-bond donors (Lipinski definition) is 1. The highest BCUT2D eigenvalue weighted by Crippen LogP contribution is 2.51. The molecular weight excluding hydrogens is 176 g/mol. The van der Waals surface area contributed by atoms with Gasteiger partial charge in [0, 0.05) is 6.54 Å². The molecule has 14 heavy (non-hydrogen) atoms. The number of carbonyl (C=O) groups excluding carboxylic acids is 1. The molecule has 0 heterocycles. The molecule has 0 aromatic rings. The minimum atomic E-state index is -0.530. The van der Waals surface area contributed by atoms with E-state index in [9.17, 15) is 4.79 Å². The summed E-state index contributed by atoms with van der Waals surface area (Å²) in [6.07, 6.45) is 2.40. The topological polar surface area (TPSA) is 52.9 Å². The summed E-state index contributed by atoms with van der Waals surface area (Å²) in [4.78, 5) is 11.3. The van der Waals surface area contributed by atoms with Crippen molar-refractivity contribution < 1.29 is 4.79 Å². The number of nitrogens with zero attached hydrogens (tertiary/aromatic N) is 1. The highest BCUT2D eigenvalue weighted by Gasteiger charge is 2.45. The van der Waals surface area contributed by atoms with Crippen molar-refractivity contribution in [1.82, 2.24) is 5.32 Å². The number of carbonyl (C=O) groups is 1. The van der Waals surface area contributed by atoms with Gasteiger partial charge >= 0.3 is 0 Å². The van der Waals surface area contributed by atoms with Crippen molar-refractivity contribution >= 4 is 5.91 Å². The van der Waals surface area contributed by atoms with Crippen LogP contribution in [-0.2, 0) is 4.79 Å². The fourth-order valence-electron chi connectivity index (χ4n) is 1.59. The molecule has 1 fully saturated rings. The molecule has 78 valence electrons. The fraction of sp³-hybridized carbons (Fsp3) is 0.818. The molecule has 0 radical (unpaired) electrons. The Morgan fingerprint density at radius 3 is 2.43 bits per heavy atom. The van der Waals surface area contributed by atoms with Crippen LogP contribution >= 0.6 is 0 Å². The number of nitriles is 1. The lowest BCUT2D eigenvalue weighted by molar-refractivity contribution is -0.123. The molecule has 3 nitrogen and oxygen atoms in total. The van der Waals surface area contributed by atoms with E-state index in [2.05, 4.69) is 19.2 Å². The van der Waals surface area contributed by atoms with Crippen molar-refractivity contribution in [3.8, 4) is 6.07 Å². The van der Waals surface area contributed by atoms with Crippen LogP contribution in [0.15, 0.2) is 0 Å². The summed E-state index contributed by atoms with van der Waals surface area (Å²) >= 11 is 0. The summed E-state index contributed by atoms with van der Waals surface area (Å²) in [6.45, 7) is 6.74. The molecule has 1 aliphatic carbocycles. The van der Waals surface area contributed by atoms with E-state index in [-0.39, 0.29) is 5.91 Å². The minimum Gasteiger partial charge on any atom is -0.354 e. The van der Waals surface area contributed by atoms with Crippen LogP contribution in [0.4, 0.5) is 0 Å². The maximum Gasteiger partial charge on any atom is 0.237 e. The van der Waals surface area contributed by atoms with E-state index < -0.39 is 5.92 Å². The van der Waals surface area contributed by atoms with Gasteiger partial charge < -0.3 is 5.32 Å². The zero-order valence-electron chi connectivity index (χ0n) is 9.13. The van der Waals surface area contributed by atoms with E-state index in [1.807, 2.05) is 6.07 Å². The van der Waals surface area contributed by atoms with Crippen molar-refractivity contribution in [1.29, 1.82) is 5.26 Å². The van der Waals surface area contributed by atoms with E-state index in [0.29, 0.717) is 11.3 Å². The van der Waals surface area contributed by atoms with Crippen LogP contribution in [0.25, 0.3) is 0 Å². The smallest absolute Gasteiger partial charge is 0.237 e. The molecule has 0 bridgehead atoms. The number of rotatable bonds is 4. The molecule has 0 aromatic carbocycles. The highest BCUT2D eigenvalue weighted by molar-refractivity contribution is 5.80. The lowest BCUT2D eigenvalue weighted by Crippen LogP contribution is -2.35. The van der Waals surface area contributed by atoms with Gasteiger partial charge in [0.25, 0.3) is 0 Å². The average molecular weight is 194 g/mol. The zero-order valence-corrected chi connectivity index (χ0v) is 9.13. The SMILES string of the molecule is CC(C#N)C(=O)NCC1(C(C)C)CC1. The van der Waals surface area contributed by atoms with Gasteiger partial charge in [-0.1, -0.05) is 13.8 Å². The van der Waals surface area contributed by atoms with Crippen LogP contribution in [0, 0.1) is 28.6 Å². The molecule has 0 aromatic heterocycles. The summed E-state index contributed by atoms with van der Waals surface area (Å²) in [7, 11) is 0. The zero-order chi connectivity index (χ0) is 10.8. The quantitative estimate of drug-likeness (QED) is 0.740. The number of amides is 1. The maximum absolute atomic E-state index is 11.3. The first-order valence-corrected chi connectivity index (χ1v) is 5.19. The van der Waals surface area contributed by atoms with Crippen molar-refractivity contribution in [2.75, 3.05) is 6.54 Å². The van der Waals surface area contributed by atoms with Crippen molar-refractivity contribution in [2.24, 2.45) is 17.3 Å². The van der Waals surface area contributed by atoms with Crippen molar-refractivity contribution in [3.05, 3.63) is 0 Å². The third kappa shape index (κ3) is 2.25. The molecule has 1 atom stereocenters. The Bertz CT molecular complexity index is 261. The third-order valence-corrected chi connectivity index (χ3v) is 3.32. The molecule has 1 aliphatic rings. The van der Waals surface area contributed by atoms with E-state index in [4.69, 9.17) is 5.26 Å². The molecule has 1 amide bonds. The second-order valence-electron chi connectivity index (χ2n) is 4.59. The Morgan fingerprint density at radius 2 is 2.07 bits per heavy atom. The molecule has 1 saturated carbocycles. The molecule has 0 saturated heterocycles. The maximum atomic E-state index is 11.3. The van der Waals surface area contributed by atoms with Crippen LogP contribution in [0.5, 0.6) is 0 Å². The second-order valence-corrected chi connectivity index (χ2v) is 4.59. The van der Waals surface area contributed by atoms with Gasteiger partial charge in [-0.05, 0) is 31.1 Å². The monoisotopic (exact) mass is 194 g/mol. The molecule has 1 N–H and O–H groups in total. The normalized spacial score (nSPS) is 19.9. The summed E-state index contributed by atoms with van der Waals surface area (Å²) in [5.41, 5.74) is 0.324. The summed E-state index contributed by atoms with van der Waals surface area (Å²) in [5.74, 6) is -0.0578. The van der Waals surface area contributed by atoms with E-state index >= 15 is 0 Å². The van der Waals surface area contributed by atoms with Gasteiger partial charge in [0.15, 0.2) is 0 Å². The predicted octanol–water partition coefficient (Wildman–Crippen LogP) is 1.70. The van der Waals surface area contributed by atoms with Gasteiger partial charge in [-0.2, -0.15) is 5.26 Å². The van der Waals surface area contributed by atoms with E-state index in [1.54, 1.807) is 6.92 Å². The van der Waals surface area contributed by atoms with Crippen LogP contribution in [-0.4, -0.2) is 12.5 Å². The van der Waals surface area contributed by atoms with E-state index in [0.717, 1.165) is 6.54 Å². The first-order chi connectivity index (χ1) is 6.52. The van der Waals surface area contributed by atoms with Gasteiger partial charge in [0.1, 0.15) is 5.92 Å². The van der Waals surface area contributed by atoms with Gasteiger partial charge in [-0.15, -0.1) is 0 Å². The lowest BCUT2D eigenvalue weighted by Gasteiger charge is -2.20. The highest BCUT2D eigenvalue weighted by atomic mass is 16.1. The molecule has 1 rings (SSSR count). The van der Waals surface area contributed by atoms with Crippen molar-refractivity contribution in [3.63, 3.8) is 0 Å². The number of nitrogens with one attached hydrogen (secondary N) is 1. The fourth-order valence-corrected chi connectivity index (χ4v) is 1.59. The van der Waals surface area contributed by atoms with Crippen LogP contribution in [0.3, 0.4) is 0 Å². The van der Waals surface area contributed by atoms with Gasteiger partial charge in [0.05, 0.1) is 6.07 Å². The lowest BCUT2D eigenvalue weighted by atomic mass is 9.92. The van der Waals surface area contributed by atoms with Crippen LogP contribution in [0.2, 0.25) is 0 Å². The Balaban J connectivity index is 2.35. The molecule has 1 unspecified atom stereocenters. The molecule has 0 spiro atoms. The Kier molecular flexibility index (Phi) is 3.15. The van der Waals surface area contributed by atoms with E-state index in [1.165, 1.54) is 12.8 Å². The third-order valence-electron chi connectivity index (χ3n) is 3.32. The van der Waals surface area contributed by atoms with Crippen LogP contribution < -0.4 is 5.32 Å². The second kappa shape index (κ2) is 4.00. The van der Waals surface area contributed by atoms with Gasteiger partial charge in [-0.3, -0.25) is 4.79 Å². The average Bonchev–Trinajstić information content (AvgIpc) is 2.93. The largest absolute Gasteiger partial charge is 0.354 e. The predicted molar refractivity (Wildman–Crippen MR) is 54.3 cm³/mol. The first-order valence-electron chi connectivity index (χ1n) is 5.19. The first kappa shape index (κ1) is 11.0. The van der Waals surface area contributed by atoms with Gasteiger partial charge in [0.2, 0.25) is 5.91 Å². The summed E-state index contributed by atoms with van der Waals surface area (Å²) < 4.78 is 0. The minimum absolute atomic E-state index is 0.139. The van der Waals surface area contributed by atoms with Crippen molar-refractivity contribution in [2.45, 2.75) is 33.6 Å². The molecule has 0 aliphatic heterocycles. The standard InChI is InChI=1S/C11H18N2O/c1-8(2)11(4-5-11)7-13-10(14)9(3)6-12/h8-9H,4-5,7H2,1-3H3,(H,13,14). The van der Waals surface area contributed by atoms with Gasteiger partial charge in [-0.25, -0.2) is 0 Å². The molecule has 3 heteroatoms. The van der Waals surface area contributed by atoms with Crippen LogP contribution in [0.1, 0.15) is 33.6 Å². The summed E-state index contributed by atoms with van der Waals surface area (Å²) in [6, 6.07) is 1.94. The number of hydrogen-bond acceptors (Lipinski definition) is 2. The Hall–Kier alpha value is -1.04. The Morgan fingerprint density at radius 1 is 1.50 bits per heavy atom.